The van der Waals surface area contributed by atoms with Gasteiger partial charge >= 0.3 is 0 Å². The number of rotatable bonds is 13. The molecule has 0 aliphatic carbocycles. The standard InChI is InChI=1S/C18H30N2O4S/c1-3-4-5-6-7-8-9-10-13-25(22,23)20-19-15-16-14-17(24-2)11-12-18(16)21/h11-12,14-15,20-21H,3-10,13H2,1-2H3. The molecule has 0 bridgehead atoms. The molecule has 0 aliphatic heterocycles. The molecule has 0 spiro atoms. The Hall–Kier alpha value is -1.76. The maximum atomic E-state index is 11.9. The summed E-state index contributed by atoms with van der Waals surface area (Å²) < 4.78 is 28.8. The van der Waals surface area contributed by atoms with E-state index in [0.29, 0.717) is 17.7 Å². The number of phenols is 1. The minimum Gasteiger partial charge on any atom is -0.507 e. The van der Waals surface area contributed by atoms with E-state index in [0.717, 1.165) is 12.8 Å². The molecule has 0 amide bonds. The van der Waals surface area contributed by atoms with Gasteiger partial charge in [-0.25, -0.2) is 13.2 Å². The number of hydrogen-bond donors (Lipinski definition) is 2. The summed E-state index contributed by atoms with van der Waals surface area (Å²) in [7, 11) is -1.93. The zero-order valence-electron chi connectivity index (χ0n) is 15.2. The zero-order chi connectivity index (χ0) is 18.5. The summed E-state index contributed by atoms with van der Waals surface area (Å²) in [5, 5.41) is 13.4. The van der Waals surface area contributed by atoms with Crippen molar-refractivity contribution in [2.75, 3.05) is 12.9 Å². The number of hydrazone groups is 1. The molecular formula is C18H30N2O4S. The summed E-state index contributed by atoms with van der Waals surface area (Å²) in [4.78, 5) is 2.18. The third-order valence-electron chi connectivity index (χ3n) is 3.90. The van der Waals surface area contributed by atoms with E-state index in [1.807, 2.05) is 0 Å². The van der Waals surface area contributed by atoms with E-state index in [4.69, 9.17) is 4.74 Å². The molecule has 0 saturated heterocycles. The second-order valence-electron chi connectivity index (χ2n) is 6.07. The summed E-state index contributed by atoms with van der Waals surface area (Å²) in [6, 6.07) is 4.65. The summed E-state index contributed by atoms with van der Waals surface area (Å²) in [5.41, 5.74) is 0.383. The smallest absolute Gasteiger partial charge is 0.247 e. The summed E-state index contributed by atoms with van der Waals surface area (Å²) in [6.45, 7) is 2.19. The van der Waals surface area contributed by atoms with E-state index in [9.17, 15) is 13.5 Å². The van der Waals surface area contributed by atoms with Crippen LogP contribution in [0.3, 0.4) is 0 Å². The molecule has 1 aromatic rings. The quantitative estimate of drug-likeness (QED) is 0.314. The number of hydrogen-bond acceptors (Lipinski definition) is 5. The number of phenolic OH excluding ortho intramolecular Hbond substituents is 1. The van der Waals surface area contributed by atoms with Crippen LogP contribution in [0.15, 0.2) is 23.3 Å². The molecule has 0 fully saturated rings. The highest BCUT2D eigenvalue weighted by atomic mass is 32.2. The molecule has 0 atom stereocenters. The molecule has 7 heteroatoms. The lowest BCUT2D eigenvalue weighted by Crippen LogP contribution is -2.21. The largest absolute Gasteiger partial charge is 0.507 e. The van der Waals surface area contributed by atoms with Crippen LogP contribution in [0.5, 0.6) is 11.5 Å². The van der Waals surface area contributed by atoms with E-state index in [2.05, 4.69) is 16.9 Å². The number of methoxy groups -OCH3 is 1. The summed E-state index contributed by atoms with van der Waals surface area (Å²) >= 11 is 0. The van der Waals surface area contributed by atoms with Crippen molar-refractivity contribution < 1.29 is 18.3 Å². The number of nitrogens with zero attached hydrogens (tertiary/aromatic N) is 1. The predicted molar refractivity (Wildman–Crippen MR) is 102 cm³/mol. The Balaban J connectivity index is 2.31. The second-order valence-corrected chi connectivity index (χ2v) is 7.89. The van der Waals surface area contributed by atoms with E-state index in [1.54, 1.807) is 12.1 Å². The van der Waals surface area contributed by atoms with Crippen LogP contribution < -0.4 is 9.57 Å². The lowest BCUT2D eigenvalue weighted by molar-refractivity contribution is 0.412. The van der Waals surface area contributed by atoms with Gasteiger partial charge < -0.3 is 9.84 Å². The molecule has 0 unspecified atom stereocenters. The van der Waals surface area contributed by atoms with Gasteiger partial charge in [-0.1, -0.05) is 51.9 Å². The van der Waals surface area contributed by atoms with Crippen molar-refractivity contribution in [3.05, 3.63) is 23.8 Å². The minimum absolute atomic E-state index is 0.00632. The Morgan fingerprint density at radius 1 is 1.12 bits per heavy atom. The molecule has 0 heterocycles. The van der Waals surface area contributed by atoms with Crippen molar-refractivity contribution in [2.24, 2.45) is 5.10 Å². The monoisotopic (exact) mass is 370 g/mol. The number of sulfonamides is 1. The first-order valence-electron chi connectivity index (χ1n) is 8.88. The lowest BCUT2D eigenvalue weighted by Gasteiger charge is -2.05. The molecule has 1 rings (SSSR count). The first-order chi connectivity index (χ1) is 12.0. The highest BCUT2D eigenvalue weighted by Crippen LogP contribution is 2.21. The van der Waals surface area contributed by atoms with Gasteiger partial charge in [0.2, 0.25) is 10.0 Å². The van der Waals surface area contributed by atoms with Crippen LogP contribution in [0.4, 0.5) is 0 Å². The van der Waals surface area contributed by atoms with Crippen molar-refractivity contribution in [1.29, 1.82) is 0 Å². The molecular weight excluding hydrogens is 340 g/mol. The number of nitrogens with one attached hydrogen (secondary N) is 1. The zero-order valence-corrected chi connectivity index (χ0v) is 16.0. The van der Waals surface area contributed by atoms with Gasteiger partial charge in [-0.15, -0.1) is 0 Å². The predicted octanol–water partition coefficient (Wildman–Crippen LogP) is 3.79. The van der Waals surface area contributed by atoms with E-state index < -0.39 is 10.0 Å². The molecule has 0 aromatic heterocycles. The van der Waals surface area contributed by atoms with Crippen LogP contribution in [0.2, 0.25) is 0 Å². The van der Waals surface area contributed by atoms with Crippen molar-refractivity contribution in [3.63, 3.8) is 0 Å². The minimum atomic E-state index is -3.44. The van der Waals surface area contributed by atoms with E-state index in [1.165, 1.54) is 51.5 Å². The van der Waals surface area contributed by atoms with Crippen molar-refractivity contribution in [1.82, 2.24) is 4.83 Å². The fourth-order valence-electron chi connectivity index (χ4n) is 2.41. The second kappa shape index (κ2) is 11.7. The molecule has 6 nitrogen and oxygen atoms in total. The third kappa shape index (κ3) is 9.34. The van der Waals surface area contributed by atoms with Gasteiger partial charge in [-0.05, 0) is 24.6 Å². The SMILES string of the molecule is CCCCCCCCCCS(=O)(=O)NN=Cc1cc(OC)ccc1O. The molecule has 2 N–H and O–H groups in total. The molecule has 0 saturated carbocycles. The van der Waals surface area contributed by atoms with Crippen molar-refractivity contribution >= 4 is 16.2 Å². The fourth-order valence-corrected chi connectivity index (χ4v) is 3.30. The van der Waals surface area contributed by atoms with Crippen LogP contribution in [0, 0.1) is 0 Å². The maximum absolute atomic E-state index is 11.9. The van der Waals surface area contributed by atoms with Crippen LogP contribution in [0.1, 0.15) is 63.9 Å². The molecule has 0 radical (unpaired) electrons. The molecule has 25 heavy (non-hydrogen) atoms. The van der Waals surface area contributed by atoms with E-state index >= 15 is 0 Å². The van der Waals surface area contributed by atoms with Gasteiger partial charge in [0, 0.05) is 5.56 Å². The molecule has 1 aromatic carbocycles. The number of unbranched alkanes of at least 4 members (excludes halogenated alkanes) is 7. The van der Waals surface area contributed by atoms with Crippen LogP contribution in [-0.4, -0.2) is 32.6 Å². The van der Waals surface area contributed by atoms with Crippen LogP contribution >= 0.6 is 0 Å². The van der Waals surface area contributed by atoms with Gasteiger partial charge in [-0.2, -0.15) is 5.10 Å². The highest BCUT2D eigenvalue weighted by molar-refractivity contribution is 7.89. The Bertz CT molecular complexity index is 630. The van der Waals surface area contributed by atoms with Gasteiger partial charge in [0.1, 0.15) is 11.5 Å². The third-order valence-corrected chi connectivity index (χ3v) is 5.11. The maximum Gasteiger partial charge on any atom is 0.247 e. The summed E-state index contributed by atoms with van der Waals surface area (Å²) in [6.07, 6.45) is 10.0. The Morgan fingerprint density at radius 3 is 2.40 bits per heavy atom. The number of benzene rings is 1. The first kappa shape index (κ1) is 21.3. The average Bonchev–Trinajstić information content (AvgIpc) is 2.59. The molecule has 142 valence electrons. The molecule has 0 aliphatic rings. The van der Waals surface area contributed by atoms with Gasteiger partial charge in [0.15, 0.2) is 0 Å². The van der Waals surface area contributed by atoms with Gasteiger partial charge in [0.05, 0.1) is 19.1 Å². The summed E-state index contributed by atoms with van der Waals surface area (Å²) in [5.74, 6) is 0.622. The average molecular weight is 371 g/mol. The van der Waals surface area contributed by atoms with Crippen LogP contribution in [0.25, 0.3) is 0 Å². The topological polar surface area (TPSA) is 88.0 Å². The van der Waals surface area contributed by atoms with Crippen molar-refractivity contribution in [2.45, 2.75) is 58.3 Å². The Labute approximate surface area is 151 Å². The van der Waals surface area contributed by atoms with Crippen LogP contribution in [-0.2, 0) is 10.0 Å². The Morgan fingerprint density at radius 2 is 1.76 bits per heavy atom. The van der Waals surface area contributed by atoms with E-state index in [-0.39, 0.29) is 11.5 Å². The number of ether oxygens (including phenoxy) is 1. The van der Waals surface area contributed by atoms with Crippen molar-refractivity contribution in [3.8, 4) is 11.5 Å². The number of aromatic hydroxyl groups is 1. The fraction of sp³-hybridized carbons (Fsp3) is 0.611. The highest BCUT2D eigenvalue weighted by Gasteiger charge is 2.08. The normalized spacial score (nSPS) is 11.8. The Kier molecular flexibility index (Phi) is 9.99. The van der Waals surface area contributed by atoms with Gasteiger partial charge in [-0.3, -0.25) is 0 Å². The van der Waals surface area contributed by atoms with Gasteiger partial charge in [0.25, 0.3) is 0 Å². The first-order valence-corrected chi connectivity index (χ1v) is 10.5. The lowest BCUT2D eigenvalue weighted by atomic mass is 10.1.